The summed E-state index contributed by atoms with van der Waals surface area (Å²) < 4.78 is 5.18. The van der Waals surface area contributed by atoms with Crippen LogP contribution in [0.3, 0.4) is 0 Å². The third-order valence-electron chi connectivity index (χ3n) is 2.17. The highest BCUT2D eigenvalue weighted by atomic mass is 16.5. The zero-order valence-electron chi connectivity index (χ0n) is 6.63. The summed E-state index contributed by atoms with van der Waals surface area (Å²) in [5.41, 5.74) is 7.63. The van der Waals surface area contributed by atoms with E-state index < -0.39 is 0 Å². The third-order valence-corrected chi connectivity index (χ3v) is 2.17. The summed E-state index contributed by atoms with van der Waals surface area (Å²) in [6.45, 7) is 2.50. The van der Waals surface area contributed by atoms with Crippen molar-refractivity contribution in [1.82, 2.24) is 5.16 Å². The van der Waals surface area contributed by atoms with Crippen LogP contribution in [0.5, 0.6) is 0 Å². The highest BCUT2D eigenvalue weighted by Crippen LogP contribution is 2.42. The van der Waals surface area contributed by atoms with Gasteiger partial charge in [0.05, 0.1) is 5.69 Å². The standard InChI is InChI=1S/C8H12N2O/c1-5-7(4-9)8(11-10-5)6-2-3-6/h6H,2-4,9H2,1H3. The first-order valence-corrected chi connectivity index (χ1v) is 3.98. The van der Waals surface area contributed by atoms with Gasteiger partial charge in [-0.3, -0.25) is 0 Å². The van der Waals surface area contributed by atoms with Crippen molar-refractivity contribution < 1.29 is 4.52 Å². The van der Waals surface area contributed by atoms with E-state index in [2.05, 4.69) is 5.16 Å². The fourth-order valence-corrected chi connectivity index (χ4v) is 1.32. The molecule has 0 aromatic carbocycles. The number of nitrogens with two attached hydrogens (primary N) is 1. The zero-order valence-corrected chi connectivity index (χ0v) is 6.63. The van der Waals surface area contributed by atoms with Crippen LogP contribution < -0.4 is 5.73 Å². The molecule has 1 saturated carbocycles. The molecule has 3 heteroatoms. The average Bonchev–Trinajstić information content (AvgIpc) is 2.76. The van der Waals surface area contributed by atoms with Crippen molar-refractivity contribution in [2.45, 2.75) is 32.2 Å². The second kappa shape index (κ2) is 2.34. The molecule has 0 radical (unpaired) electrons. The van der Waals surface area contributed by atoms with E-state index in [0.29, 0.717) is 12.5 Å². The van der Waals surface area contributed by atoms with E-state index in [1.54, 1.807) is 0 Å². The molecule has 11 heavy (non-hydrogen) atoms. The first-order chi connectivity index (χ1) is 5.33. The lowest BCUT2D eigenvalue weighted by atomic mass is 10.1. The molecule has 3 nitrogen and oxygen atoms in total. The van der Waals surface area contributed by atoms with Crippen molar-refractivity contribution in [1.29, 1.82) is 0 Å². The van der Waals surface area contributed by atoms with Gasteiger partial charge in [0.1, 0.15) is 5.76 Å². The quantitative estimate of drug-likeness (QED) is 0.695. The Kier molecular flexibility index (Phi) is 1.46. The summed E-state index contributed by atoms with van der Waals surface area (Å²) in [6.07, 6.45) is 2.48. The fourth-order valence-electron chi connectivity index (χ4n) is 1.32. The number of rotatable bonds is 2. The van der Waals surface area contributed by atoms with Crippen LogP contribution in [0.2, 0.25) is 0 Å². The molecule has 2 rings (SSSR count). The number of nitrogens with zero attached hydrogens (tertiary/aromatic N) is 1. The maximum atomic E-state index is 5.56. The van der Waals surface area contributed by atoms with Crippen LogP contribution >= 0.6 is 0 Å². The van der Waals surface area contributed by atoms with Gasteiger partial charge in [0, 0.05) is 18.0 Å². The number of aromatic nitrogens is 1. The van der Waals surface area contributed by atoms with Crippen molar-refractivity contribution in [3.63, 3.8) is 0 Å². The van der Waals surface area contributed by atoms with E-state index in [1.165, 1.54) is 12.8 Å². The van der Waals surface area contributed by atoms with Gasteiger partial charge in [-0.15, -0.1) is 0 Å². The molecule has 1 aliphatic rings. The summed E-state index contributed by atoms with van der Waals surface area (Å²) in [4.78, 5) is 0. The smallest absolute Gasteiger partial charge is 0.144 e. The Morgan fingerprint density at radius 1 is 1.64 bits per heavy atom. The molecule has 0 unspecified atom stereocenters. The molecule has 0 spiro atoms. The Hall–Kier alpha value is -0.830. The van der Waals surface area contributed by atoms with Crippen LogP contribution in [-0.2, 0) is 6.54 Å². The van der Waals surface area contributed by atoms with Crippen molar-refractivity contribution in [3.8, 4) is 0 Å². The summed E-state index contributed by atoms with van der Waals surface area (Å²) >= 11 is 0. The zero-order chi connectivity index (χ0) is 7.84. The molecule has 0 bridgehead atoms. The van der Waals surface area contributed by atoms with Crippen molar-refractivity contribution >= 4 is 0 Å². The van der Waals surface area contributed by atoms with Gasteiger partial charge in [-0.1, -0.05) is 5.16 Å². The van der Waals surface area contributed by atoms with Gasteiger partial charge >= 0.3 is 0 Å². The topological polar surface area (TPSA) is 52.0 Å². The highest BCUT2D eigenvalue weighted by Gasteiger charge is 2.30. The Morgan fingerprint density at radius 2 is 2.36 bits per heavy atom. The molecule has 1 aliphatic carbocycles. The van der Waals surface area contributed by atoms with Crippen molar-refractivity contribution in [2.75, 3.05) is 0 Å². The van der Waals surface area contributed by atoms with E-state index in [4.69, 9.17) is 10.3 Å². The van der Waals surface area contributed by atoms with Crippen LogP contribution in [-0.4, -0.2) is 5.16 Å². The maximum absolute atomic E-state index is 5.56. The van der Waals surface area contributed by atoms with E-state index in [-0.39, 0.29) is 0 Å². The SMILES string of the molecule is Cc1noc(C2CC2)c1CN. The predicted octanol–water partition coefficient (Wildman–Crippen LogP) is 1.32. The van der Waals surface area contributed by atoms with Crippen LogP contribution in [0.4, 0.5) is 0 Å². The average molecular weight is 152 g/mol. The summed E-state index contributed by atoms with van der Waals surface area (Å²) in [5.74, 6) is 1.65. The third kappa shape index (κ3) is 1.05. The molecule has 0 amide bonds. The minimum atomic E-state index is 0.557. The minimum Gasteiger partial charge on any atom is -0.361 e. The van der Waals surface area contributed by atoms with Gasteiger partial charge in [-0.05, 0) is 19.8 Å². The second-order valence-electron chi connectivity index (χ2n) is 3.09. The molecule has 1 aromatic rings. The predicted molar refractivity (Wildman–Crippen MR) is 41.1 cm³/mol. The van der Waals surface area contributed by atoms with Crippen LogP contribution in [0.15, 0.2) is 4.52 Å². The van der Waals surface area contributed by atoms with E-state index in [0.717, 1.165) is 17.0 Å². The van der Waals surface area contributed by atoms with Crippen molar-refractivity contribution in [3.05, 3.63) is 17.0 Å². The summed E-state index contributed by atoms with van der Waals surface area (Å²) in [6, 6.07) is 0. The normalized spacial score (nSPS) is 17.3. The number of aryl methyl sites for hydroxylation is 1. The van der Waals surface area contributed by atoms with E-state index in [9.17, 15) is 0 Å². The van der Waals surface area contributed by atoms with E-state index in [1.807, 2.05) is 6.92 Å². The summed E-state index contributed by atoms with van der Waals surface area (Å²) in [7, 11) is 0. The molecule has 1 aromatic heterocycles. The van der Waals surface area contributed by atoms with E-state index >= 15 is 0 Å². The largest absolute Gasteiger partial charge is 0.361 e. The number of hydrogen-bond donors (Lipinski definition) is 1. The Balaban J connectivity index is 2.36. The maximum Gasteiger partial charge on any atom is 0.144 e. The molecule has 0 atom stereocenters. The highest BCUT2D eigenvalue weighted by molar-refractivity contribution is 5.27. The Bertz CT molecular complexity index is 263. The molecular weight excluding hydrogens is 140 g/mol. The van der Waals surface area contributed by atoms with Crippen LogP contribution in [0, 0.1) is 6.92 Å². The van der Waals surface area contributed by atoms with Crippen molar-refractivity contribution in [2.24, 2.45) is 5.73 Å². The van der Waals surface area contributed by atoms with Gasteiger partial charge in [0.15, 0.2) is 0 Å². The van der Waals surface area contributed by atoms with Gasteiger partial charge in [-0.25, -0.2) is 0 Å². The van der Waals surface area contributed by atoms with Crippen LogP contribution in [0.1, 0.15) is 35.8 Å². The second-order valence-corrected chi connectivity index (χ2v) is 3.09. The fraction of sp³-hybridized carbons (Fsp3) is 0.625. The van der Waals surface area contributed by atoms with Gasteiger partial charge in [-0.2, -0.15) is 0 Å². The van der Waals surface area contributed by atoms with Crippen LogP contribution in [0.25, 0.3) is 0 Å². The lowest BCUT2D eigenvalue weighted by Crippen LogP contribution is -1.99. The molecule has 0 saturated heterocycles. The molecule has 60 valence electrons. The molecule has 1 fully saturated rings. The summed E-state index contributed by atoms with van der Waals surface area (Å²) in [5, 5.41) is 3.89. The van der Waals surface area contributed by atoms with Gasteiger partial charge < -0.3 is 10.3 Å². The molecule has 0 aliphatic heterocycles. The minimum absolute atomic E-state index is 0.557. The first-order valence-electron chi connectivity index (χ1n) is 3.98. The number of hydrogen-bond acceptors (Lipinski definition) is 3. The Labute approximate surface area is 65.6 Å². The molecular formula is C8H12N2O. The first kappa shape index (κ1) is 6.85. The van der Waals surface area contributed by atoms with Gasteiger partial charge in [0.25, 0.3) is 0 Å². The van der Waals surface area contributed by atoms with Gasteiger partial charge in [0.2, 0.25) is 0 Å². The Morgan fingerprint density at radius 3 is 2.91 bits per heavy atom. The lowest BCUT2D eigenvalue weighted by molar-refractivity contribution is 0.379. The monoisotopic (exact) mass is 152 g/mol. The molecule has 2 N–H and O–H groups in total. The lowest BCUT2D eigenvalue weighted by Gasteiger charge is -1.93. The molecule has 1 heterocycles.